The molecule has 1 heterocycles. The van der Waals surface area contributed by atoms with Crippen LogP contribution in [0.5, 0.6) is 0 Å². The van der Waals surface area contributed by atoms with Gasteiger partial charge in [-0.1, -0.05) is 30.3 Å². The summed E-state index contributed by atoms with van der Waals surface area (Å²) in [6.07, 6.45) is 6.84. The minimum atomic E-state index is 0. The van der Waals surface area contributed by atoms with Crippen LogP contribution < -0.4 is 11.1 Å². The topological polar surface area (TPSA) is 81.1 Å². The van der Waals surface area contributed by atoms with E-state index in [1.54, 1.807) is 17.3 Å². The third-order valence-corrected chi connectivity index (χ3v) is 4.64. The van der Waals surface area contributed by atoms with Crippen LogP contribution in [0.25, 0.3) is 0 Å². The smallest absolute Gasteiger partial charge is 0.193 e. The monoisotopic (exact) mass is 474 g/mol. The highest BCUT2D eigenvalue weighted by molar-refractivity contribution is 14.0. The highest BCUT2D eigenvalue weighted by Gasteiger charge is 2.10. The van der Waals surface area contributed by atoms with Crippen molar-refractivity contribution in [2.45, 2.75) is 32.4 Å². The van der Waals surface area contributed by atoms with Crippen molar-refractivity contribution < 1.29 is 0 Å². The average Bonchev–Trinajstić information content (AvgIpc) is 3.32. The molecule has 1 aromatic heterocycles. The maximum absolute atomic E-state index is 6.04. The van der Waals surface area contributed by atoms with Gasteiger partial charge in [0.2, 0.25) is 0 Å². The van der Waals surface area contributed by atoms with Gasteiger partial charge in [0.15, 0.2) is 5.96 Å². The highest BCUT2D eigenvalue weighted by Crippen LogP contribution is 2.24. The molecule has 4 rings (SSSR count). The lowest BCUT2D eigenvalue weighted by Crippen LogP contribution is -2.22. The van der Waals surface area contributed by atoms with Crippen molar-refractivity contribution in [3.05, 3.63) is 77.4 Å². The Morgan fingerprint density at radius 2 is 1.85 bits per heavy atom. The predicted octanol–water partition coefficient (Wildman–Crippen LogP) is 3.36. The summed E-state index contributed by atoms with van der Waals surface area (Å²) in [6.45, 7) is 1.26. The Morgan fingerprint density at radius 3 is 2.63 bits per heavy atom. The van der Waals surface area contributed by atoms with Gasteiger partial charge < -0.3 is 11.1 Å². The molecule has 0 aliphatic heterocycles. The number of anilines is 1. The molecule has 0 saturated heterocycles. The van der Waals surface area contributed by atoms with Crippen LogP contribution in [0.1, 0.15) is 28.7 Å². The van der Waals surface area contributed by atoms with Gasteiger partial charge in [-0.3, -0.25) is 0 Å². The van der Waals surface area contributed by atoms with E-state index in [2.05, 4.69) is 62.9 Å². The Bertz CT molecular complexity index is 903. The van der Waals surface area contributed by atoms with E-state index in [9.17, 15) is 0 Å². The van der Waals surface area contributed by atoms with Gasteiger partial charge in [0.05, 0.1) is 13.1 Å². The second kappa shape index (κ2) is 8.98. The number of rotatable bonds is 5. The molecular weight excluding hydrogens is 451 g/mol. The van der Waals surface area contributed by atoms with Crippen molar-refractivity contribution in [2.75, 3.05) is 5.32 Å². The standard InChI is InChI=1S/C20H22N6.HI/c21-20(25-19-9-8-17-2-1-3-18(17)10-19)23-11-15-4-6-16(7-5-15)12-26-14-22-13-24-26;/h4-10,13-14H,1-3,11-12H2,(H3,21,23,25);1H. The zero-order valence-corrected chi connectivity index (χ0v) is 17.3. The van der Waals surface area contributed by atoms with Gasteiger partial charge in [0.25, 0.3) is 0 Å². The first kappa shape index (κ1) is 19.3. The van der Waals surface area contributed by atoms with Crippen LogP contribution in [0.2, 0.25) is 0 Å². The molecule has 140 valence electrons. The SMILES string of the molecule is I.NC(=NCc1ccc(Cn2cncn2)cc1)Nc1ccc2c(c1)CCC2. The summed E-state index contributed by atoms with van der Waals surface area (Å²) in [7, 11) is 0. The number of fused-ring (bicyclic) bond motifs is 1. The number of benzene rings is 2. The molecule has 2 aromatic carbocycles. The fourth-order valence-electron chi connectivity index (χ4n) is 3.26. The molecular formula is C20H23IN6. The number of halogens is 1. The minimum Gasteiger partial charge on any atom is -0.370 e. The second-order valence-electron chi connectivity index (χ2n) is 6.57. The summed E-state index contributed by atoms with van der Waals surface area (Å²) in [5.74, 6) is 0.439. The van der Waals surface area contributed by atoms with Crippen molar-refractivity contribution in [3.63, 3.8) is 0 Å². The molecule has 7 heteroatoms. The minimum absolute atomic E-state index is 0. The molecule has 0 radical (unpaired) electrons. The van der Waals surface area contributed by atoms with Crippen molar-refractivity contribution in [1.82, 2.24) is 14.8 Å². The molecule has 6 nitrogen and oxygen atoms in total. The highest BCUT2D eigenvalue weighted by atomic mass is 127. The molecule has 3 aromatic rings. The van der Waals surface area contributed by atoms with Crippen LogP contribution in [0.4, 0.5) is 5.69 Å². The van der Waals surface area contributed by atoms with Gasteiger partial charge in [0.1, 0.15) is 12.7 Å². The zero-order valence-electron chi connectivity index (χ0n) is 15.0. The lowest BCUT2D eigenvalue weighted by molar-refractivity contribution is 0.684. The molecule has 0 unspecified atom stereocenters. The number of hydrogen-bond donors (Lipinski definition) is 2. The Labute approximate surface area is 175 Å². The molecule has 0 atom stereocenters. The van der Waals surface area contributed by atoms with Gasteiger partial charge in [0, 0.05) is 5.69 Å². The summed E-state index contributed by atoms with van der Waals surface area (Å²) >= 11 is 0. The van der Waals surface area contributed by atoms with Gasteiger partial charge >= 0.3 is 0 Å². The zero-order chi connectivity index (χ0) is 17.8. The van der Waals surface area contributed by atoms with Crippen LogP contribution in [-0.2, 0) is 25.9 Å². The van der Waals surface area contributed by atoms with E-state index >= 15 is 0 Å². The molecule has 1 aliphatic carbocycles. The van der Waals surface area contributed by atoms with Crippen LogP contribution >= 0.6 is 24.0 Å². The van der Waals surface area contributed by atoms with E-state index in [0.29, 0.717) is 19.0 Å². The first-order valence-electron chi connectivity index (χ1n) is 8.85. The maximum Gasteiger partial charge on any atom is 0.193 e. The Hall–Kier alpha value is -2.42. The normalized spacial score (nSPS) is 13.1. The van der Waals surface area contributed by atoms with Gasteiger partial charge in [-0.25, -0.2) is 14.7 Å². The molecule has 3 N–H and O–H groups in total. The lowest BCUT2D eigenvalue weighted by Gasteiger charge is -2.08. The van der Waals surface area contributed by atoms with Crippen molar-refractivity contribution >= 4 is 35.6 Å². The number of aliphatic imine (C=N–C) groups is 1. The van der Waals surface area contributed by atoms with E-state index in [1.807, 2.05) is 0 Å². The molecule has 0 spiro atoms. The van der Waals surface area contributed by atoms with Gasteiger partial charge in [-0.05, 0) is 53.6 Å². The Morgan fingerprint density at radius 1 is 1.07 bits per heavy atom. The molecule has 0 fully saturated rings. The largest absolute Gasteiger partial charge is 0.370 e. The van der Waals surface area contributed by atoms with Crippen LogP contribution in [0, 0.1) is 0 Å². The third kappa shape index (κ3) is 5.06. The molecule has 0 saturated carbocycles. The van der Waals surface area contributed by atoms with Crippen LogP contribution in [0.15, 0.2) is 60.1 Å². The molecule has 1 aliphatic rings. The predicted molar refractivity (Wildman–Crippen MR) is 118 cm³/mol. The number of hydrogen-bond acceptors (Lipinski definition) is 3. The molecule has 0 amide bonds. The van der Waals surface area contributed by atoms with Crippen LogP contribution in [-0.4, -0.2) is 20.7 Å². The van der Waals surface area contributed by atoms with Crippen molar-refractivity contribution in [3.8, 4) is 0 Å². The fraction of sp³-hybridized carbons (Fsp3) is 0.250. The average molecular weight is 474 g/mol. The van der Waals surface area contributed by atoms with E-state index in [4.69, 9.17) is 5.73 Å². The van der Waals surface area contributed by atoms with Crippen molar-refractivity contribution in [1.29, 1.82) is 0 Å². The summed E-state index contributed by atoms with van der Waals surface area (Å²) in [6, 6.07) is 14.7. The van der Waals surface area contributed by atoms with E-state index in [0.717, 1.165) is 17.7 Å². The second-order valence-corrected chi connectivity index (χ2v) is 6.57. The quantitative estimate of drug-likeness (QED) is 0.338. The summed E-state index contributed by atoms with van der Waals surface area (Å²) in [5, 5.41) is 7.31. The van der Waals surface area contributed by atoms with Gasteiger partial charge in [-0.15, -0.1) is 24.0 Å². The van der Waals surface area contributed by atoms with Gasteiger partial charge in [-0.2, -0.15) is 5.10 Å². The van der Waals surface area contributed by atoms with E-state index in [1.165, 1.54) is 29.5 Å². The first-order chi connectivity index (χ1) is 12.8. The fourth-order valence-corrected chi connectivity index (χ4v) is 3.26. The number of aryl methyl sites for hydroxylation is 2. The molecule has 0 bridgehead atoms. The number of nitrogens with two attached hydrogens (primary N) is 1. The Balaban J connectivity index is 0.00000210. The number of nitrogens with zero attached hydrogens (tertiary/aromatic N) is 4. The maximum atomic E-state index is 6.04. The number of aromatic nitrogens is 3. The Kier molecular flexibility index (Phi) is 6.44. The number of guanidine groups is 1. The summed E-state index contributed by atoms with van der Waals surface area (Å²) in [5.41, 5.74) is 12.2. The summed E-state index contributed by atoms with van der Waals surface area (Å²) < 4.78 is 1.80. The summed E-state index contributed by atoms with van der Waals surface area (Å²) in [4.78, 5) is 8.40. The van der Waals surface area contributed by atoms with Crippen molar-refractivity contribution in [2.24, 2.45) is 10.7 Å². The number of nitrogens with one attached hydrogen (secondary N) is 1. The van der Waals surface area contributed by atoms with E-state index in [-0.39, 0.29) is 24.0 Å². The first-order valence-corrected chi connectivity index (χ1v) is 8.85. The lowest BCUT2D eigenvalue weighted by atomic mass is 10.1. The van der Waals surface area contributed by atoms with Crippen LogP contribution in [0.3, 0.4) is 0 Å². The molecule has 27 heavy (non-hydrogen) atoms. The third-order valence-electron chi connectivity index (χ3n) is 4.64. The van der Waals surface area contributed by atoms with E-state index < -0.39 is 0 Å².